The lowest BCUT2D eigenvalue weighted by molar-refractivity contribution is 0.0951. The fourth-order valence-electron chi connectivity index (χ4n) is 2.40. The maximum absolute atomic E-state index is 12.4. The van der Waals surface area contributed by atoms with Crippen LogP contribution in [0.1, 0.15) is 15.9 Å². The van der Waals surface area contributed by atoms with E-state index in [1.165, 1.54) is 0 Å². The molecule has 0 aliphatic rings. The number of hydrogen-bond donors (Lipinski definition) is 1. The van der Waals surface area contributed by atoms with E-state index in [4.69, 9.17) is 16.3 Å². The first-order chi connectivity index (χ1) is 11.6. The molecule has 0 bridgehead atoms. The van der Waals surface area contributed by atoms with Gasteiger partial charge in [-0.3, -0.25) is 4.79 Å². The van der Waals surface area contributed by atoms with Gasteiger partial charge in [0, 0.05) is 27.5 Å². The van der Waals surface area contributed by atoms with Gasteiger partial charge in [0.25, 0.3) is 5.91 Å². The Morgan fingerprint density at radius 1 is 1.21 bits per heavy atom. The fraction of sp³-hybridized carbons (Fsp3) is 0.111. The summed E-state index contributed by atoms with van der Waals surface area (Å²) in [4.78, 5) is 16.6. The Morgan fingerprint density at radius 3 is 2.83 bits per heavy atom. The average Bonchev–Trinajstić information content (AvgIpc) is 2.59. The van der Waals surface area contributed by atoms with E-state index >= 15 is 0 Å². The van der Waals surface area contributed by atoms with E-state index in [9.17, 15) is 4.79 Å². The monoisotopic (exact) mass is 404 g/mol. The molecule has 1 N–H and O–H groups in total. The third-order valence-corrected chi connectivity index (χ3v) is 4.30. The van der Waals surface area contributed by atoms with Crippen molar-refractivity contribution in [3.8, 4) is 5.75 Å². The molecule has 0 saturated heterocycles. The summed E-state index contributed by atoms with van der Waals surface area (Å²) in [7, 11) is 1.61. The Balaban J connectivity index is 1.78. The molecule has 122 valence electrons. The normalized spacial score (nSPS) is 10.6. The second-order valence-corrected chi connectivity index (χ2v) is 6.48. The SMILES string of the molecule is COc1ccc(Br)cc1CNC(=O)c1ccc2nc(Cl)ccc2c1. The molecule has 3 aromatic rings. The van der Waals surface area contributed by atoms with Crippen LogP contribution in [0.15, 0.2) is 53.0 Å². The number of methoxy groups -OCH3 is 1. The number of halogens is 2. The Morgan fingerprint density at radius 2 is 2.04 bits per heavy atom. The van der Waals surface area contributed by atoms with E-state index in [-0.39, 0.29) is 5.91 Å². The topological polar surface area (TPSA) is 51.2 Å². The molecule has 1 amide bonds. The van der Waals surface area contributed by atoms with Gasteiger partial charge in [0.05, 0.1) is 12.6 Å². The number of carbonyl (C=O) groups is 1. The van der Waals surface area contributed by atoms with Gasteiger partial charge in [-0.05, 0) is 48.5 Å². The van der Waals surface area contributed by atoms with Gasteiger partial charge in [-0.25, -0.2) is 4.98 Å². The number of pyridine rings is 1. The minimum Gasteiger partial charge on any atom is -0.496 e. The summed E-state index contributed by atoms with van der Waals surface area (Å²) in [6, 6.07) is 14.5. The molecule has 3 rings (SSSR count). The molecule has 0 saturated carbocycles. The first kappa shape index (κ1) is 16.7. The maximum atomic E-state index is 12.4. The molecule has 0 spiro atoms. The second kappa shape index (κ2) is 7.20. The third kappa shape index (κ3) is 3.68. The van der Waals surface area contributed by atoms with Crippen molar-refractivity contribution in [1.29, 1.82) is 0 Å². The lowest BCUT2D eigenvalue weighted by atomic mass is 10.1. The number of rotatable bonds is 4. The predicted octanol–water partition coefficient (Wildman–Crippen LogP) is 4.59. The molecule has 4 nitrogen and oxygen atoms in total. The lowest BCUT2D eigenvalue weighted by Gasteiger charge is -2.10. The Bertz CT molecular complexity index is 915. The first-order valence-electron chi connectivity index (χ1n) is 7.24. The van der Waals surface area contributed by atoms with Crippen molar-refractivity contribution in [2.24, 2.45) is 0 Å². The number of ether oxygens (including phenoxy) is 1. The van der Waals surface area contributed by atoms with Crippen molar-refractivity contribution in [1.82, 2.24) is 10.3 Å². The predicted molar refractivity (Wildman–Crippen MR) is 98.6 cm³/mol. The highest BCUT2D eigenvalue weighted by molar-refractivity contribution is 9.10. The van der Waals surface area contributed by atoms with E-state index in [1.54, 1.807) is 31.4 Å². The highest BCUT2D eigenvalue weighted by Crippen LogP contribution is 2.23. The van der Waals surface area contributed by atoms with Gasteiger partial charge in [0.15, 0.2) is 0 Å². The summed E-state index contributed by atoms with van der Waals surface area (Å²) >= 11 is 9.30. The van der Waals surface area contributed by atoms with Crippen LogP contribution < -0.4 is 10.1 Å². The van der Waals surface area contributed by atoms with Crippen LogP contribution in [0.3, 0.4) is 0 Å². The van der Waals surface area contributed by atoms with Crippen molar-refractivity contribution in [2.45, 2.75) is 6.54 Å². The van der Waals surface area contributed by atoms with Crippen molar-refractivity contribution < 1.29 is 9.53 Å². The molecule has 0 fully saturated rings. The van der Waals surface area contributed by atoms with Crippen molar-refractivity contribution in [2.75, 3.05) is 7.11 Å². The summed E-state index contributed by atoms with van der Waals surface area (Å²) in [5.41, 5.74) is 2.22. The van der Waals surface area contributed by atoms with E-state index in [2.05, 4.69) is 26.2 Å². The van der Waals surface area contributed by atoms with E-state index < -0.39 is 0 Å². The van der Waals surface area contributed by atoms with E-state index in [1.807, 2.05) is 24.3 Å². The van der Waals surface area contributed by atoms with Crippen LogP contribution in [0, 0.1) is 0 Å². The van der Waals surface area contributed by atoms with Gasteiger partial charge in [-0.1, -0.05) is 27.5 Å². The summed E-state index contributed by atoms with van der Waals surface area (Å²) < 4.78 is 6.25. The van der Waals surface area contributed by atoms with Gasteiger partial charge in [0.1, 0.15) is 10.9 Å². The summed E-state index contributed by atoms with van der Waals surface area (Å²) in [6.45, 7) is 0.373. The molecule has 6 heteroatoms. The van der Waals surface area contributed by atoms with E-state index in [0.717, 1.165) is 26.7 Å². The van der Waals surface area contributed by atoms with Gasteiger partial charge >= 0.3 is 0 Å². The molecule has 0 unspecified atom stereocenters. The molecule has 0 radical (unpaired) electrons. The zero-order valence-electron chi connectivity index (χ0n) is 12.8. The van der Waals surface area contributed by atoms with Crippen molar-refractivity contribution >= 4 is 44.3 Å². The van der Waals surface area contributed by atoms with E-state index in [0.29, 0.717) is 17.3 Å². The number of aromatic nitrogens is 1. The molecule has 0 atom stereocenters. The molecule has 24 heavy (non-hydrogen) atoms. The van der Waals surface area contributed by atoms with Crippen LogP contribution in [0.4, 0.5) is 0 Å². The highest BCUT2D eigenvalue weighted by Gasteiger charge is 2.09. The zero-order valence-corrected chi connectivity index (χ0v) is 15.2. The fourth-order valence-corrected chi connectivity index (χ4v) is 2.97. The largest absolute Gasteiger partial charge is 0.496 e. The average molecular weight is 406 g/mol. The quantitative estimate of drug-likeness (QED) is 0.646. The number of nitrogens with zero attached hydrogens (tertiary/aromatic N) is 1. The van der Waals surface area contributed by atoms with Crippen LogP contribution >= 0.6 is 27.5 Å². The number of carbonyl (C=O) groups excluding carboxylic acids is 1. The Labute approximate surface area is 152 Å². The number of hydrogen-bond acceptors (Lipinski definition) is 3. The van der Waals surface area contributed by atoms with Crippen molar-refractivity contribution in [3.63, 3.8) is 0 Å². The van der Waals surface area contributed by atoms with Crippen LogP contribution in [-0.4, -0.2) is 18.0 Å². The standard InChI is InChI=1S/C18H14BrClN2O2/c1-24-16-6-4-14(19)9-13(16)10-21-18(23)12-2-5-15-11(8-12)3-7-17(20)22-15/h2-9H,10H2,1H3,(H,21,23). The number of amides is 1. The Hall–Kier alpha value is -2.11. The molecule has 1 aromatic heterocycles. The van der Waals surface area contributed by atoms with Crippen LogP contribution in [0.5, 0.6) is 5.75 Å². The molecule has 0 aliphatic carbocycles. The summed E-state index contributed by atoms with van der Waals surface area (Å²) in [5, 5.41) is 4.21. The van der Waals surface area contributed by atoms with Crippen molar-refractivity contribution in [3.05, 3.63) is 69.3 Å². The van der Waals surface area contributed by atoms with Crippen LogP contribution in [-0.2, 0) is 6.54 Å². The summed E-state index contributed by atoms with van der Waals surface area (Å²) in [5.74, 6) is 0.574. The van der Waals surface area contributed by atoms with Gasteiger partial charge in [0.2, 0.25) is 0 Å². The Kier molecular flexibility index (Phi) is 5.02. The smallest absolute Gasteiger partial charge is 0.251 e. The van der Waals surface area contributed by atoms with Gasteiger partial charge in [-0.2, -0.15) is 0 Å². The number of fused-ring (bicyclic) bond motifs is 1. The molecule has 0 aliphatic heterocycles. The van der Waals surface area contributed by atoms with Crippen LogP contribution in [0.2, 0.25) is 5.15 Å². The number of benzene rings is 2. The maximum Gasteiger partial charge on any atom is 0.251 e. The molecule has 1 heterocycles. The minimum atomic E-state index is -0.158. The zero-order chi connectivity index (χ0) is 17.1. The van der Waals surface area contributed by atoms with Crippen LogP contribution in [0.25, 0.3) is 10.9 Å². The second-order valence-electron chi connectivity index (χ2n) is 5.18. The lowest BCUT2D eigenvalue weighted by Crippen LogP contribution is -2.23. The first-order valence-corrected chi connectivity index (χ1v) is 8.41. The molecule has 2 aromatic carbocycles. The number of nitrogens with one attached hydrogen (secondary N) is 1. The minimum absolute atomic E-state index is 0.158. The molecular weight excluding hydrogens is 392 g/mol. The van der Waals surface area contributed by atoms with Gasteiger partial charge in [-0.15, -0.1) is 0 Å². The summed E-state index contributed by atoms with van der Waals surface area (Å²) in [6.07, 6.45) is 0. The third-order valence-electron chi connectivity index (χ3n) is 3.60. The van der Waals surface area contributed by atoms with Gasteiger partial charge < -0.3 is 10.1 Å². The molecular formula is C18H14BrClN2O2. The highest BCUT2D eigenvalue weighted by atomic mass is 79.9.